The van der Waals surface area contributed by atoms with Crippen LogP contribution in [-0.4, -0.2) is 38.6 Å². The zero-order valence-corrected chi connectivity index (χ0v) is 10.8. The molecule has 2 aromatic rings. The Hall–Kier alpha value is -1.89. The lowest BCUT2D eigenvalue weighted by atomic mass is 10.3. The van der Waals surface area contributed by atoms with E-state index in [1.54, 1.807) is 6.92 Å². The van der Waals surface area contributed by atoms with E-state index in [1.807, 2.05) is 6.92 Å². The van der Waals surface area contributed by atoms with Crippen molar-refractivity contribution in [2.75, 3.05) is 18.4 Å². The fourth-order valence-electron chi connectivity index (χ4n) is 1.53. The van der Waals surface area contributed by atoms with Gasteiger partial charge in [0.05, 0.1) is 6.54 Å². The topological polar surface area (TPSA) is 84.2 Å². The van der Waals surface area contributed by atoms with Crippen LogP contribution in [0.5, 0.6) is 0 Å². The minimum Gasteiger partial charge on any atom is -0.361 e. The number of carbonyl (C=O) groups excluding carboxylic acids is 1. The van der Waals surface area contributed by atoms with E-state index in [4.69, 9.17) is 11.6 Å². The van der Waals surface area contributed by atoms with Gasteiger partial charge in [-0.05, 0) is 13.8 Å². The molecule has 0 radical (unpaired) electrons. The maximum absolute atomic E-state index is 11.4. The number of fused-ring (bicyclic) bond motifs is 1. The van der Waals surface area contributed by atoms with E-state index in [0.29, 0.717) is 23.3 Å². The number of nitrogens with one attached hydrogen (secondary N) is 2. The first-order valence-electron chi connectivity index (χ1n) is 5.50. The first kappa shape index (κ1) is 12.6. The van der Waals surface area contributed by atoms with Gasteiger partial charge < -0.3 is 10.6 Å². The summed E-state index contributed by atoms with van der Waals surface area (Å²) in [5, 5.41) is 10.1. The molecule has 0 unspecified atom stereocenters. The van der Waals surface area contributed by atoms with Gasteiger partial charge >= 0.3 is 0 Å². The molecule has 0 atom stereocenters. The van der Waals surface area contributed by atoms with Gasteiger partial charge in [-0.3, -0.25) is 4.79 Å². The molecule has 1 amide bonds. The summed E-state index contributed by atoms with van der Waals surface area (Å²) in [7, 11) is 0. The van der Waals surface area contributed by atoms with Crippen molar-refractivity contribution in [3.8, 4) is 0 Å². The number of likely N-dealkylation sites (N-methyl/N-ethyl adjacent to an activating group) is 1. The van der Waals surface area contributed by atoms with Crippen LogP contribution in [0.15, 0.2) is 6.33 Å². The van der Waals surface area contributed by atoms with E-state index in [-0.39, 0.29) is 12.5 Å². The second-order valence-electron chi connectivity index (χ2n) is 3.66. The first-order chi connectivity index (χ1) is 8.63. The second kappa shape index (κ2) is 5.18. The molecule has 96 valence electrons. The molecule has 0 aliphatic heterocycles. The Kier molecular flexibility index (Phi) is 3.61. The molecule has 0 aromatic carbocycles. The summed E-state index contributed by atoms with van der Waals surface area (Å²) in [5.74, 6) is 0.913. The van der Waals surface area contributed by atoms with Gasteiger partial charge in [0, 0.05) is 12.1 Å². The predicted molar refractivity (Wildman–Crippen MR) is 67.7 cm³/mol. The van der Waals surface area contributed by atoms with Gasteiger partial charge in [-0.2, -0.15) is 19.6 Å². The van der Waals surface area contributed by atoms with E-state index in [1.165, 1.54) is 10.8 Å². The highest BCUT2D eigenvalue weighted by atomic mass is 35.5. The molecule has 0 aliphatic rings. The van der Waals surface area contributed by atoms with Crippen LogP contribution in [-0.2, 0) is 4.79 Å². The molecule has 7 nitrogen and oxygen atoms in total. The lowest BCUT2D eigenvalue weighted by Crippen LogP contribution is -2.30. The van der Waals surface area contributed by atoms with Crippen molar-refractivity contribution in [3.63, 3.8) is 0 Å². The molecule has 2 rings (SSSR count). The Morgan fingerprint density at radius 3 is 3.06 bits per heavy atom. The van der Waals surface area contributed by atoms with Crippen molar-refractivity contribution in [2.24, 2.45) is 0 Å². The molecular weight excluding hydrogens is 256 g/mol. The third-order valence-corrected chi connectivity index (χ3v) is 2.76. The van der Waals surface area contributed by atoms with Crippen molar-refractivity contribution in [3.05, 3.63) is 17.0 Å². The van der Waals surface area contributed by atoms with Crippen molar-refractivity contribution < 1.29 is 4.79 Å². The predicted octanol–water partition coefficient (Wildman–Crippen LogP) is 0.634. The monoisotopic (exact) mass is 268 g/mol. The molecule has 2 N–H and O–H groups in total. The van der Waals surface area contributed by atoms with Gasteiger partial charge in [-0.25, -0.2) is 0 Å². The lowest BCUT2D eigenvalue weighted by molar-refractivity contribution is -0.119. The summed E-state index contributed by atoms with van der Waals surface area (Å²) in [6.45, 7) is 4.40. The van der Waals surface area contributed by atoms with Gasteiger partial charge in [0.25, 0.3) is 5.78 Å². The number of anilines is 1. The van der Waals surface area contributed by atoms with E-state index in [0.717, 1.165) is 5.56 Å². The van der Waals surface area contributed by atoms with E-state index < -0.39 is 0 Å². The Bertz CT molecular complexity index is 581. The van der Waals surface area contributed by atoms with E-state index >= 15 is 0 Å². The SMILES string of the molecule is CCNC(=O)CNc1c(C)c(Cl)nc2ncnn12. The van der Waals surface area contributed by atoms with Crippen LogP contribution in [0.1, 0.15) is 12.5 Å². The third kappa shape index (κ3) is 2.35. The van der Waals surface area contributed by atoms with Gasteiger partial charge in [0.1, 0.15) is 17.3 Å². The molecular formula is C10H13ClN6O. The smallest absolute Gasteiger partial charge is 0.255 e. The molecule has 0 spiro atoms. The molecule has 8 heteroatoms. The lowest BCUT2D eigenvalue weighted by Gasteiger charge is -2.11. The van der Waals surface area contributed by atoms with Crippen LogP contribution < -0.4 is 10.6 Å². The van der Waals surface area contributed by atoms with Crippen molar-refractivity contribution >= 4 is 29.1 Å². The average Bonchev–Trinajstić information content (AvgIpc) is 2.77. The van der Waals surface area contributed by atoms with Gasteiger partial charge in [0.2, 0.25) is 5.91 Å². The fraction of sp³-hybridized carbons (Fsp3) is 0.400. The third-order valence-electron chi connectivity index (χ3n) is 2.39. The summed E-state index contributed by atoms with van der Waals surface area (Å²) in [6, 6.07) is 0. The van der Waals surface area contributed by atoms with Crippen molar-refractivity contribution in [1.29, 1.82) is 0 Å². The second-order valence-corrected chi connectivity index (χ2v) is 4.01. The molecule has 0 saturated heterocycles. The summed E-state index contributed by atoms with van der Waals surface area (Å²) < 4.78 is 1.51. The highest BCUT2D eigenvalue weighted by Gasteiger charge is 2.12. The van der Waals surface area contributed by atoms with Crippen LogP contribution >= 0.6 is 11.6 Å². The Morgan fingerprint density at radius 1 is 1.56 bits per heavy atom. The fourth-order valence-corrected chi connectivity index (χ4v) is 1.69. The highest BCUT2D eigenvalue weighted by Crippen LogP contribution is 2.21. The minimum atomic E-state index is -0.0990. The van der Waals surface area contributed by atoms with Crippen LogP contribution in [0, 0.1) is 6.92 Å². The maximum Gasteiger partial charge on any atom is 0.255 e. The Labute approximate surface area is 109 Å². The van der Waals surface area contributed by atoms with Gasteiger partial charge in [0.15, 0.2) is 0 Å². The van der Waals surface area contributed by atoms with Crippen LogP contribution in [0.2, 0.25) is 5.15 Å². The summed E-state index contributed by atoms with van der Waals surface area (Å²) >= 11 is 5.99. The molecule has 0 bridgehead atoms. The van der Waals surface area contributed by atoms with E-state index in [9.17, 15) is 4.79 Å². The van der Waals surface area contributed by atoms with E-state index in [2.05, 4.69) is 25.7 Å². The van der Waals surface area contributed by atoms with Crippen LogP contribution in [0.4, 0.5) is 5.82 Å². The molecule has 2 heterocycles. The van der Waals surface area contributed by atoms with Crippen LogP contribution in [0.3, 0.4) is 0 Å². The molecule has 0 aliphatic carbocycles. The molecule has 2 aromatic heterocycles. The standard InChI is InChI=1S/C10H13ClN6O/c1-3-12-7(18)4-13-9-6(2)8(11)16-10-14-5-15-17(9)10/h5,13H,3-4H2,1-2H3,(H,12,18). The number of carbonyl (C=O) groups is 1. The first-order valence-corrected chi connectivity index (χ1v) is 5.87. The molecule has 0 fully saturated rings. The average molecular weight is 269 g/mol. The zero-order chi connectivity index (χ0) is 13.1. The van der Waals surface area contributed by atoms with Crippen LogP contribution in [0.25, 0.3) is 5.78 Å². The number of amides is 1. The van der Waals surface area contributed by atoms with Crippen molar-refractivity contribution in [2.45, 2.75) is 13.8 Å². The quantitative estimate of drug-likeness (QED) is 0.795. The number of rotatable bonds is 4. The number of hydrogen-bond acceptors (Lipinski definition) is 5. The number of hydrogen-bond donors (Lipinski definition) is 2. The van der Waals surface area contributed by atoms with Gasteiger partial charge in [-0.1, -0.05) is 11.6 Å². The zero-order valence-electron chi connectivity index (χ0n) is 10.1. The Morgan fingerprint density at radius 2 is 2.33 bits per heavy atom. The van der Waals surface area contributed by atoms with Crippen molar-refractivity contribution in [1.82, 2.24) is 24.9 Å². The number of halogens is 1. The maximum atomic E-state index is 11.4. The normalized spacial score (nSPS) is 10.6. The molecule has 18 heavy (non-hydrogen) atoms. The summed E-state index contributed by atoms with van der Waals surface area (Å²) in [6.07, 6.45) is 1.38. The summed E-state index contributed by atoms with van der Waals surface area (Å²) in [4.78, 5) is 19.5. The number of aromatic nitrogens is 4. The Balaban J connectivity index is 2.28. The molecule has 0 saturated carbocycles. The number of nitrogens with zero attached hydrogens (tertiary/aromatic N) is 4. The minimum absolute atomic E-state index is 0.0990. The highest BCUT2D eigenvalue weighted by molar-refractivity contribution is 6.30. The van der Waals surface area contributed by atoms with Gasteiger partial charge in [-0.15, -0.1) is 0 Å². The largest absolute Gasteiger partial charge is 0.361 e. The summed E-state index contributed by atoms with van der Waals surface area (Å²) in [5.41, 5.74) is 0.721.